The number of carboxylic acids is 1. The van der Waals surface area contributed by atoms with Crippen LogP contribution in [-0.4, -0.2) is 17.0 Å². The van der Waals surface area contributed by atoms with Crippen molar-refractivity contribution in [2.75, 3.05) is 5.32 Å². The van der Waals surface area contributed by atoms with E-state index in [4.69, 9.17) is 5.11 Å². The third-order valence-electron chi connectivity index (χ3n) is 2.54. The van der Waals surface area contributed by atoms with Gasteiger partial charge in [0.15, 0.2) is 0 Å². The lowest BCUT2D eigenvalue weighted by molar-refractivity contribution is 0.0698. The molecule has 2 rings (SSSR count). The molecule has 0 fully saturated rings. The third-order valence-corrected chi connectivity index (χ3v) is 5.17. The first-order valence-corrected chi connectivity index (χ1v) is 7.89. The Morgan fingerprint density at radius 1 is 1.25 bits per heavy atom. The van der Waals surface area contributed by atoms with Gasteiger partial charge < -0.3 is 10.4 Å². The van der Waals surface area contributed by atoms with Gasteiger partial charge in [-0.2, -0.15) is 0 Å². The van der Waals surface area contributed by atoms with Crippen LogP contribution in [0.25, 0.3) is 0 Å². The summed E-state index contributed by atoms with van der Waals surface area (Å²) in [6.45, 7) is 1.89. The monoisotopic (exact) mass is 417 g/mol. The molecule has 2 aromatic rings. The normalized spacial score (nSPS) is 10.3. The minimum absolute atomic E-state index is 0.0499. The summed E-state index contributed by atoms with van der Waals surface area (Å²) in [6.07, 6.45) is 0. The molecule has 0 aliphatic heterocycles. The fourth-order valence-corrected chi connectivity index (χ4v) is 3.35. The van der Waals surface area contributed by atoms with Crippen LogP contribution >= 0.6 is 43.2 Å². The highest BCUT2D eigenvalue weighted by atomic mass is 79.9. The van der Waals surface area contributed by atoms with Crippen molar-refractivity contribution in [2.45, 2.75) is 6.92 Å². The summed E-state index contributed by atoms with van der Waals surface area (Å²) >= 11 is 7.92. The highest BCUT2D eigenvalue weighted by molar-refractivity contribution is 9.11. The number of hydrogen-bond donors (Lipinski definition) is 2. The molecule has 0 saturated carbocycles. The minimum Gasteiger partial charge on any atom is -0.478 e. The summed E-state index contributed by atoms with van der Waals surface area (Å²) in [5.74, 6) is -1.42. The first-order chi connectivity index (χ1) is 9.38. The molecular formula is C13H9Br2NO3S. The number of hydrogen-bond acceptors (Lipinski definition) is 3. The molecule has 0 spiro atoms. The summed E-state index contributed by atoms with van der Waals surface area (Å²) in [5.41, 5.74) is 1.28. The number of aromatic carboxylic acids is 1. The average molecular weight is 419 g/mol. The number of carbonyl (C=O) groups is 2. The van der Waals surface area contributed by atoms with Crippen molar-refractivity contribution in [1.82, 2.24) is 0 Å². The molecular weight excluding hydrogens is 410 g/mol. The van der Waals surface area contributed by atoms with Gasteiger partial charge in [-0.15, -0.1) is 11.3 Å². The molecule has 104 valence electrons. The van der Waals surface area contributed by atoms with E-state index in [1.807, 2.05) is 6.92 Å². The average Bonchev–Trinajstić information content (AvgIpc) is 2.69. The fourth-order valence-electron chi connectivity index (χ4n) is 1.56. The van der Waals surface area contributed by atoms with Crippen molar-refractivity contribution < 1.29 is 14.7 Å². The Hall–Kier alpha value is -1.18. The van der Waals surface area contributed by atoms with Crippen LogP contribution in [0, 0.1) is 6.92 Å². The van der Waals surface area contributed by atoms with E-state index in [1.165, 1.54) is 17.4 Å². The van der Waals surface area contributed by atoms with Gasteiger partial charge in [-0.25, -0.2) is 4.79 Å². The lowest BCUT2D eigenvalue weighted by Crippen LogP contribution is -2.13. The fraction of sp³-hybridized carbons (Fsp3) is 0.0769. The number of nitrogens with one attached hydrogen (secondary N) is 1. The van der Waals surface area contributed by atoms with Gasteiger partial charge in [0.1, 0.15) is 0 Å². The maximum atomic E-state index is 12.1. The van der Waals surface area contributed by atoms with Gasteiger partial charge in [0.2, 0.25) is 0 Å². The van der Waals surface area contributed by atoms with E-state index in [0.29, 0.717) is 9.35 Å². The number of amides is 1. The van der Waals surface area contributed by atoms with Gasteiger partial charge in [-0.1, -0.05) is 15.9 Å². The molecule has 7 heteroatoms. The van der Waals surface area contributed by atoms with E-state index in [2.05, 4.69) is 37.2 Å². The van der Waals surface area contributed by atoms with Crippen LogP contribution in [0.15, 0.2) is 32.5 Å². The number of halogens is 2. The highest BCUT2D eigenvalue weighted by Crippen LogP contribution is 2.29. The Balaban J connectivity index is 2.32. The Labute approximate surface area is 136 Å². The summed E-state index contributed by atoms with van der Waals surface area (Å²) in [6, 6.07) is 6.38. The van der Waals surface area contributed by atoms with Crippen molar-refractivity contribution >= 4 is 60.8 Å². The first-order valence-electron chi connectivity index (χ1n) is 5.48. The zero-order chi connectivity index (χ0) is 14.9. The lowest BCUT2D eigenvalue weighted by Gasteiger charge is -2.08. The maximum absolute atomic E-state index is 12.1. The summed E-state index contributed by atoms with van der Waals surface area (Å²) in [4.78, 5) is 23.8. The van der Waals surface area contributed by atoms with Crippen molar-refractivity contribution in [3.05, 3.63) is 48.5 Å². The smallest absolute Gasteiger partial charge is 0.337 e. The Bertz CT molecular complexity index is 677. The zero-order valence-electron chi connectivity index (χ0n) is 10.2. The Morgan fingerprint density at radius 3 is 2.50 bits per heavy atom. The molecule has 0 radical (unpaired) electrons. The second kappa shape index (κ2) is 6.07. The molecule has 0 saturated heterocycles. The van der Waals surface area contributed by atoms with E-state index in [-0.39, 0.29) is 17.2 Å². The molecule has 0 atom stereocenters. The van der Waals surface area contributed by atoms with Crippen LogP contribution in [0.2, 0.25) is 0 Å². The molecule has 2 N–H and O–H groups in total. The molecule has 0 aliphatic rings. The van der Waals surface area contributed by atoms with E-state index >= 15 is 0 Å². The van der Waals surface area contributed by atoms with Gasteiger partial charge >= 0.3 is 5.97 Å². The standard InChI is InChI=1S/C13H9Br2NO3S/c1-6-4-10(20-11(6)15)12(17)16-9-5-7(14)2-3-8(9)13(18)19/h2-5H,1H3,(H,16,17)(H,18,19). The first kappa shape index (κ1) is 15.2. The number of carbonyl (C=O) groups excluding carboxylic acids is 1. The molecule has 0 bridgehead atoms. The van der Waals surface area contributed by atoms with Crippen LogP contribution in [0.1, 0.15) is 25.6 Å². The number of carboxylic acid groups (broad SMARTS) is 1. The second-order valence-electron chi connectivity index (χ2n) is 4.02. The van der Waals surface area contributed by atoms with E-state index in [0.717, 1.165) is 9.35 Å². The topological polar surface area (TPSA) is 66.4 Å². The molecule has 20 heavy (non-hydrogen) atoms. The molecule has 0 unspecified atom stereocenters. The van der Waals surface area contributed by atoms with E-state index in [9.17, 15) is 9.59 Å². The van der Waals surface area contributed by atoms with Crippen LogP contribution in [-0.2, 0) is 0 Å². The molecule has 1 amide bonds. The molecule has 1 aromatic heterocycles. The number of anilines is 1. The Morgan fingerprint density at radius 2 is 1.95 bits per heavy atom. The summed E-state index contributed by atoms with van der Waals surface area (Å²) in [5, 5.41) is 11.7. The highest BCUT2D eigenvalue weighted by Gasteiger charge is 2.16. The van der Waals surface area contributed by atoms with Crippen LogP contribution in [0.3, 0.4) is 0 Å². The van der Waals surface area contributed by atoms with Crippen LogP contribution < -0.4 is 5.32 Å². The zero-order valence-corrected chi connectivity index (χ0v) is 14.2. The molecule has 0 aliphatic carbocycles. The number of benzene rings is 1. The Kier molecular flexibility index (Phi) is 4.62. The third kappa shape index (κ3) is 3.28. The van der Waals surface area contributed by atoms with Gasteiger partial charge in [0, 0.05) is 4.47 Å². The van der Waals surface area contributed by atoms with Gasteiger partial charge in [-0.05, 0) is 52.7 Å². The van der Waals surface area contributed by atoms with E-state index < -0.39 is 5.97 Å². The van der Waals surface area contributed by atoms with Gasteiger partial charge in [-0.3, -0.25) is 4.79 Å². The minimum atomic E-state index is -1.09. The maximum Gasteiger partial charge on any atom is 0.337 e. The van der Waals surface area contributed by atoms with Crippen molar-refractivity contribution in [3.8, 4) is 0 Å². The van der Waals surface area contributed by atoms with Crippen LogP contribution in [0.5, 0.6) is 0 Å². The van der Waals surface area contributed by atoms with Crippen molar-refractivity contribution in [1.29, 1.82) is 0 Å². The number of rotatable bonds is 3. The predicted molar refractivity (Wildman–Crippen MR) is 85.8 cm³/mol. The summed E-state index contributed by atoms with van der Waals surface area (Å²) < 4.78 is 1.58. The molecule has 1 heterocycles. The van der Waals surface area contributed by atoms with E-state index in [1.54, 1.807) is 18.2 Å². The second-order valence-corrected chi connectivity index (χ2v) is 7.30. The van der Waals surface area contributed by atoms with Gasteiger partial charge in [0.25, 0.3) is 5.91 Å². The number of thiophene rings is 1. The quantitative estimate of drug-likeness (QED) is 0.769. The summed E-state index contributed by atoms with van der Waals surface area (Å²) in [7, 11) is 0. The van der Waals surface area contributed by atoms with Gasteiger partial charge in [0.05, 0.1) is 19.9 Å². The van der Waals surface area contributed by atoms with Crippen molar-refractivity contribution in [2.24, 2.45) is 0 Å². The lowest BCUT2D eigenvalue weighted by atomic mass is 10.2. The van der Waals surface area contributed by atoms with Crippen LogP contribution in [0.4, 0.5) is 5.69 Å². The molecule has 4 nitrogen and oxygen atoms in total. The SMILES string of the molecule is Cc1cc(C(=O)Nc2cc(Br)ccc2C(=O)O)sc1Br. The largest absolute Gasteiger partial charge is 0.478 e. The number of aryl methyl sites for hydroxylation is 1. The predicted octanol–water partition coefficient (Wildman–Crippen LogP) is 4.53. The van der Waals surface area contributed by atoms with Crippen molar-refractivity contribution in [3.63, 3.8) is 0 Å². The molecule has 1 aromatic carbocycles.